The average Bonchev–Trinajstić information content (AvgIpc) is 3.08. The molecule has 29 heavy (non-hydrogen) atoms. The monoisotopic (exact) mass is 385 g/mol. The van der Waals surface area contributed by atoms with E-state index in [-0.39, 0.29) is 0 Å². The van der Waals surface area contributed by atoms with Gasteiger partial charge in [0.1, 0.15) is 5.60 Å². The molecule has 2 aromatic carbocycles. The van der Waals surface area contributed by atoms with E-state index in [0.717, 1.165) is 22.2 Å². The number of pyridine rings is 1. The molecule has 0 saturated carbocycles. The fourth-order valence-electron chi connectivity index (χ4n) is 3.25. The van der Waals surface area contributed by atoms with Crippen molar-refractivity contribution in [3.05, 3.63) is 85.2 Å². The van der Waals surface area contributed by atoms with Crippen LogP contribution in [0.2, 0.25) is 0 Å². The van der Waals surface area contributed by atoms with Crippen molar-refractivity contribution in [3.8, 4) is 11.3 Å². The molecule has 5 heteroatoms. The van der Waals surface area contributed by atoms with Gasteiger partial charge in [-0.05, 0) is 45.0 Å². The van der Waals surface area contributed by atoms with Crippen molar-refractivity contribution >= 4 is 22.7 Å². The normalized spacial score (nSPS) is 11.4. The molecule has 0 radical (unpaired) electrons. The molecule has 0 aliphatic rings. The lowest BCUT2D eigenvalue weighted by Crippen LogP contribution is -2.40. The summed E-state index contributed by atoms with van der Waals surface area (Å²) in [5, 5.41) is 2.52. The third-order valence-electron chi connectivity index (χ3n) is 4.41. The Morgan fingerprint density at radius 2 is 1.62 bits per heavy atom. The Morgan fingerprint density at radius 3 is 2.28 bits per heavy atom. The van der Waals surface area contributed by atoms with Gasteiger partial charge in [-0.15, -0.1) is 0 Å². The van der Waals surface area contributed by atoms with Crippen LogP contribution in [0, 0.1) is 0 Å². The number of benzene rings is 2. The first-order valence-corrected chi connectivity index (χ1v) is 9.53. The van der Waals surface area contributed by atoms with E-state index in [1.54, 1.807) is 17.4 Å². The Morgan fingerprint density at radius 1 is 0.966 bits per heavy atom. The standard InChI is InChI=1S/C24H23N3O2/c1-24(2,3)29-23(28)26(20-12-8-5-9-13-20)27-21-14-15-25-17-19(21)16-22(27)18-10-6-4-7-11-18/h4-17H,1-3H3. The lowest BCUT2D eigenvalue weighted by molar-refractivity contribution is 0.0567. The minimum Gasteiger partial charge on any atom is -0.442 e. The van der Waals surface area contributed by atoms with E-state index in [1.165, 1.54) is 0 Å². The number of para-hydroxylation sites is 1. The maximum Gasteiger partial charge on any atom is 0.434 e. The van der Waals surface area contributed by atoms with Crippen LogP contribution in [0.1, 0.15) is 20.8 Å². The molecular weight excluding hydrogens is 362 g/mol. The maximum atomic E-state index is 13.4. The number of amides is 1. The van der Waals surface area contributed by atoms with Crippen LogP contribution in [0.5, 0.6) is 0 Å². The zero-order valence-corrected chi connectivity index (χ0v) is 16.7. The third-order valence-corrected chi connectivity index (χ3v) is 4.41. The number of rotatable bonds is 3. The number of ether oxygens (including phenoxy) is 1. The second kappa shape index (κ2) is 7.43. The molecule has 4 aromatic rings. The Labute approximate surface area is 170 Å². The van der Waals surface area contributed by atoms with Gasteiger partial charge in [-0.1, -0.05) is 48.5 Å². The van der Waals surface area contributed by atoms with E-state index >= 15 is 0 Å². The van der Waals surface area contributed by atoms with Crippen molar-refractivity contribution in [1.29, 1.82) is 0 Å². The van der Waals surface area contributed by atoms with E-state index in [1.807, 2.05) is 98.2 Å². The smallest absolute Gasteiger partial charge is 0.434 e. The highest BCUT2D eigenvalue weighted by Gasteiger charge is 2.28. The Balaban J connectivity index is 1.98. The van der Waals surface area contributed by atoms with Gasteiger partial charge >= 0.3 is 6.09 Å². The van der Waals surface area contributed by atoms with Gasteiger partial charge < -0.3 is 4.74 Å². The van der Waals surface area contributed by atoms with Crippen molar-refractivity contribution in [2.45, 2.75) is 26.4 Å². The molecule has 0 bridgehead atoms. The zero-order valence-electron chi connectivity index (χ0n) is 16.7. The largest absolute Gasteiger partial charge is 0.442 e. The van der Waals surface area contributed by atoms with Gasteiger partial charge in [0.15, 0.2) is 0 Å². The Hall–Kier alpha value is -3.60. The van der Waals surface area contributed by atoms with Crippen molar-refractivity contribution in [1.82, 2.24) is 9.66 Å². The molecule has 0 aliphatic heterocycles. The summed E-state index contributed by atoms with van der Waals surface area (Å²) < 4.78 is 7.67. The van der Waals surface area contributed by atoms with Crippen molar-refractivity contribution in [2.75, 3.05) is 5.01 Å². The molecule has 2 heterocycles. The van der Waals surface area contributed by atoms with E-state index < -0.39 is 11.7 Å². The molecule has 0 unspecified atom stereocenters. The summed E-state index contributed by atoms with van der Waals surface area (Å²) in [4.78, 5) is 17.6. The summed E-state index contributed by atoms with van der Waals surface area (Å²) in [5.41, 5.74) is 2.83. The molecule has 5 nitrogen and oxygen atoms in total. The molecule has 4 rings (SSSR count). The van der Waals surface area contributed by atoms with Crippen LogP contribution in [-0.2, 0) is 4.74 Å². The first-order valence-electron chi connectivity index (χ1n) is 9.53. The van der Waals surface area contributed by atoms with Crippen LogP contribution in [0.3, 0.4) is 0 Å². The molecule has 0 N–H and O–H groups in total. The van der Waals surface area contributed by atoms with E-state index in [2.05, 4.69) is 4.98 Å². The fraction of sp³-hybridized carbons (Fsp3) is 0.167. The van der Waals surface area contributed by atoms with Crippen LogP contribution in [0.15, 0.2) is 85.2 Å². The first kappa shape index (κ1) is 18.7. The lowest BCUT2D eigenvalue weighted by Gasteiger charge is -2.30. The second-order valence-electron chi connectivity index (χ2n) is 7.77. The number of nitrogens with zero attached hydrogens (tertiary/aromatic N) is 3. The molecule has 0 aliphatic carbocycles. The zero-order chi connectivity index (χ0) is 20.4. The SMILES string of the molecule is CC(C)(C)OC(=O)N(c1ccccc1)n1c(-c2ccccc2)cc2cnccc21. The molecule has 0 atom stereocenters. The topological polar surface area (TPSA) is 47.4 Å². The van der Waals surface area contributed by atoms with Crippen LogP contribution in [-0.4, -0.2) is 21.4 Å². The number of carbonyl (C=O) groups excluding carboxylic acids is 1. The van der Waals surface area contributed by atoms with E-state index in [4.69, 9.17) is 4.74 Å². The molecule has 0 spiro atoms. The number of carbonyl (C=O) groups is 1. The number of hydrogen-bond donors (Lipinski definition) is 0. The molecule has 0 fully saturated rings. The Bertz CT molecular complexity index is 1130. The summed E-state index contributed by atoms with van der Waals surface area (Å²) in [7, 11) is 0. The summed E-state index contributed by atoms with van der Waals surface area (Å²) in [6.07, 6.45) is 3.08. The van der Waals surface area contributed by atoms with Crippen LogP contribution < -0.4 is 5.01 Å². The highest BCUT2D eigenvalue weighted by Crippen LogP contribution is 2.31. The van der Waals surface area contributed by atoms with Crippen LogP contribution >= 0.6 is 0 Å². The van der Waals surface area contributed by atoms with Crippen LogP contribution in [0.25, 0.3) is 22.2 Å². The summed E-state index contributed by atoms with van der Waals surface area (Å²) in [6, 6.07) is 23.5. The van der Waals surface area contributed by atoms with Gasteiger partial charge in [0, 0.05) is 23.3 Å². The number of aromatic nitrogens is 2. The molecular formula is C24H23N3O2. The highest BCUT2D eigenvalue weighted by atomic mass is 16.6. The number of fused-ring (bicyclic) bond motifs is 1. The fourth-order valence-corrected chi connectivity index (χ4v) is 3.25. The van der Waals surface area contributed by atoms with E-state index in [0.29, 0.717) is 5.69 Å². The van der Waals surface area contributed by atoms with Crippen molar-refractivity contribution < 1.29 is 9.53 Å². The molecule has 146 valence electrons. The maximum absolute atomic E-state index is 13.4. The predicted molar refractivity (Wildman–Crippen MR) is 116 cm³/mol. The Kier molecular flexibility index (Phi) is 4.80. The molecule has 0 saturated heterocycles. The summed E-state index contributed by atoms with van der Waals surface area (Å²) >= 11 is 0. The molecule has 2 aromatic heterocycles. The average molecular weight is 385 g/mol. The lowest BCUT2D eigenvalue weighted by atomic mass is 10.1. The van der Waals surface area contributed by atoms with Crippen molar-refractivity contribution in [2.24, 2.45) is 0 Å². The van der Waals surface area contributed by atoms with Gasteiger partial charge in [0.2, 0.25) is 0 Å². The van der Waals surface area contributed by atoms with Gasteiger partial charge in [0.25, 0.3) is 0 Å². The van der Waals surface area contributed by atoms with Crippen LogP contribution in [0.4, 0.5) is 10.5 Å². The first-order chi connectivity index (χ1) is 13.9. The molecule has 1 amide bonds. The second-order valence-corrected chi connectivity index (χ2v) is 7.77. The van der Waals surface area contributed by atoms with Crippen molar-refractivity contribution in [3.63, 3.8) is 0 Å². The summed E-state index contributed by atoms with van der Waals surface area (Å²) in [6.45, 7) is 5.59. The number of anilines is 1. The third kappa shape index (κ3) is 3.85. The van der Waals surface area contributed by atoms with Gasteiger partial charge in [-0.25, -0.2) is 9.47 Å². The van der Waals surface area contributed by atoms with Gasteiger partial charge in [-0.2, -0.15) is 5.01 Å². The highest BCUT2D eigenvalue weighted by molar-refractivity contribution is 5.94. The van der Waals surface area contributed by atoms with Gasteiger partial charge in [0.05, 0.1) is 16.9 Å². The number of hydrogen-bond acceptors (Lipinski definition) is 3. The predicted octanol–water partition coefficient (Wildman–Crippen LogP) is 5.91. The minimum absolute atomic E-state index is 0.449. The van der Waals surface area contributed by atoms with E-state index in [9.17, 15) is 4.79 Å². The van der Waals surface area contributed by atoms with Gasteiger partial charge in [-0.3, -0.25) is 4.98 Å². The quantitative estimate of drug-likeness (QED) is 0.440. The minimum atomic E-state index is -0.623. The summed E-state index contributed by atoms with van der Waals surface area (Å²) in [5.74, 6) is 0.